The molecule has 96 valence electrons. The van der Waals surface area contributed by atoms with Crippen LogP contribution >= 0.6 is 11.6 Å². The number of nitrogen functional groups attached to an aromatic ring is 1. The van der Waals surface area contributed by atoms with Crippen molar-refractivity contribution in [3.63, 3.8) is 0 Å². The summed E-state index contributed by atoms with van der Waals surface area (Å²) in [5, 5.41) is 3.97. The van der Waals surface area contributed by atoms with Gasteiger partial charge in [0.05, 0.1) is 17.2 Å². The number of nitrogens with two attached hydrogens (primary N) is 1. The summed E-state index contributed by atoms with van der Waals surface area (Å²) in [6.07, 6.45) is 0.518. The molecule has 0 bridgehead atoms. The number of anilines is 1. The Kier molecular flexibility index (Phi) is 3.84. The van der Waals surface area contributed by atoms with Gasteiger partial charge in [-0.05, 0) is 18.2 Å². The lowest BCUT2D eigenvalue weighted by Gasteiger charge is -2.05. The number of hydrogen-bond acceptors (Lipinski definition) is 4. The van der Waals surface area contributed by atoms with E-state index in [9.17, 15) is 4.39 Å². The standard InChI is InChI=1S/C12H12ClFN2O2/c1-17-5-4-10-11(12(15)16-18-10)8-3-2-7(14)6-9(8)13/h2-3,6H,4-5H2,1H3,(H2,15,16). The van der Waals surface area contributed by atoms with E-state index in [1.165, 1.54) is 12.1 Å². The molecular formula is C12H12ClFN2O2. The lowest BCUT2D eigenvalue weighted by molar-refractivity contribution is 0.193. The molecule has 1 heterocycles. The van der Waals surface area contributed by atoms with Crippen LogP contribution in [0.3, 0.4) is 0 Å². The van der Waals surface area contributed by atoms with Crippen molar-refractivity contribution >= 4 is 17.4 Å². The van der Waals surface area contributed by atoms with E-state index in [2.05, 4.69) is 5.16 Å². The largest absolute Gasteiger partial charge is 0.384 e. The van der Waals surface area contributed by atoms with Gasteiger partial charge in [-0.1, -0.05) is 16.8 Å². The van der Waals surface area contributed by atoms with Crippen molar-refractivity contribution in [1.82, 2.24) is 5.16 Å². The van der Waals surface area contributed by atoms with Gasteiger partial charge in [-0.2, -0.15) is 0 Å². The second-order valence-electron chi connectivity index (χ2n) is 3.73. The molecule has 1 aromatic carbocycles. The van der Waals surface area contributed by atoms with Gasteiger partial charge in [-0.25, -0.2) is 4.39 Å². The summed E-state index contributed by atoms with van der Waals surface area (Å²) in [6.45, 7) is 0.473. The van der Waals surface area contributed by atoms with E-state index in [1.54, 1.807) is 13.2 Å². The highest BCUT2D eigenvalue weighted by atomic mass is 35.5. The van der Waals surface area contributed by atoms with Crippen molar-refractivity contribution in [2.75, 3.05) is 19.5 Å². The molecule has 0 saturated heterocycles. The predicted octanol–water partition coefficient (Wildman–Crippen LogP) is 2.91. The summed E-state index contributed by atoms with van der Waals surface area (Å²) < 4.78 is 23.1. The van der Waals surface area contributed by atoms with Crippen molar-refractivity contribution in [2.24, 2.45) is 0 Å². The molecular weight excluding hydrogens is 259 g/mol. The van der Waals surface area contributed by atoms with Crippen molar-refractivity contribution in [3.8, 4) is 11.1 Å². The fourth-order valence-electron chi connectivity index (χ4n) is 1.68. The molecule has 0 saturated carbocycles. The van der Waals surface area contributed by atoms with Crippen LogP contribution < -0.4 is 5.73 Å². The average molecular weight is 271 g/mol. The summed E-state index contributed by atoms with van der Waals surface area (Å²) >= 11 is 6.00. The van der Waals surface area contributed by atoms with Crippen LogP contribution in [0.1, 0.15) is 5.76 Å². The number of methoxy groups -OCH3 is 1. The average Bonchev–Trinajstić information content (AvgIpc) is 2.68. The molecule has 0 fully saturated rings. The second-order valence-corrected chi connectivity index (χ2v) is 4.14. The van der Waals surface area contributed by atoms with Crippen molar-refractivity contribution in [3.05, 3.63) is 34.8 Å². The van der Waals surface area contributed by atoms with Gasteiger partial charge in [0, 0.05) is 19.1 Å². The summed E-state index contributed by atoms with van der Waals surface area (Å²) in [7, 11) is 1.59. The van der Waals surface area contributed by atoms with Crippen LogP contribution in [0.15, 0.2) is 22.7 Å². The summed E-state index contributed by atoms with van der Waals surface area (Å²) in [4.78, 5) is 0. The Labute approximate surface area is 108 Å². The number of rotatable bonds is 4. The van der Waals surface area contributed by atoms with E-state index in [0.29, 0.717) is 29.9 Å². The summed E-state index contributed by atoms with van der Waals surface area (Å²) in [5.74, 6) is 0.398. The fourth-order valence-corrected chi connectivity index (χ4v) is 1.95. The molecule has 0 aliphatic rings. The molecule has 0 aliphatic carbocycles. The van der Waals surface area contributed by atoms with Crippen LogP contribution in [0.2, 0.25) is 5.02 Å². The number of halogens is 2. The Bertz CT molecular complexity index is 557. The van der Waals surface area contributed by atoms with E-state index in [0.717, 1.165) is 0 Å². The molecule has 0 aliphatic heterocycles. The molecule has 0 spiro atoms. The second kappa shape index (κ2) is 5.37. The third kappa shape index (κ3) is 2.47. The molecule has 2 aromatic rings. The normalized spacial score (nSPS) is 10.8. The minimum atomic E-state index is -0.405. The Balaban J connectivity index is 2.45. The van der Waals surface area contributed by atoms with Crippen LogP contribution in [-0.4, -0.2) is 18.9 Å². The lowest BCUT2D eigenvalue weighted by atomic mass is 10.0. The zero-order valence-electron chi connectivity index (χ0n) is 9.74. The van der Waals surface area contributed by atoms with Crippen molar-refractivity contribution in [2.45, 2.75) is 6.42 Å². The highest BCUT2D eigenvalue weighted by Gasteiger charge is 2.18. The summed E-state index contributed by atoms with van der Waals surface area (Å²) in [5.41, 5.74) is 6.95. The van der Waals surface area contributed by atoms with Gasteiger partial charge in [0.25, 0.3) is 0 Å². The SMILES string of the molecule is COCCc1onc(N)c1-c1ccc(F)cc1Cl. The van der Waals surface area contributed by atoms with Gasteiger partial charge in [0.15, 0.2) is 5.82 Å². The Hall–Kier alpha value is -1.59. The molecule has 0 unspecified atom stereocenters. The maximum absolute atomic E-state index is 13.0. The van der Waals surface area contributed by atoms with E-state index >= 15 is 0 Å². The predicted molar refractivity (Wildman–Crippen MR) is 66.9 cm³/mol. The molecule has 18 heavy (non-hydrogen) atoms. The van der Waals surface area contributed by atoms with E-state index in [-0.39, 0.29) is 10.8 Å². The molecule has 2 rings (SSSR count). The van der Waals surface area contributed by atoms with Gasteiger partial charge in [-0.15, -0.1) is 0 Å². The number of nitrogens with zero attached hydrogens (tertiary/aromatic N) is 1. The van der Waals surface area contributed by atoms with Crippen molar-refractivity contribution in [1.29, 1.82) is 0 Å². The van der Waals surface area contributed by atoms with Crippen molar-refractivity contribution < 1.29 is 13.7 Å². The van der Waals surface area contributed by atoms with Gasteiger partial charge in [-0.3, -0.25) is 0 Å². The number of hydrogen-bond donors (Lipinski definition) is 1. The zero-order chi connectivity index (χ0) is 13.1. The third-order valence-electron chi connectivity index (χ3n) is 2.52. The van der Waals surface area contributed by atoms with E-state index < -0.39 is 5.82 Å². The third-order valence-corrected chi connectivity index (χ3v) is 2.84. The molecule has 2 N–H and O–H groups in total. The lowest BCUT2D eigenvalue weighted by Crippen LogP contribution is -1.96. The summed E-state index contributed by atoms with van der Waals surface area (Å²) in [6, 6.07) is 4.09. The topological polar surface area (TPSA) is 61.3 Å². The molecule has 1 aromatic heterocycles. The number of benzene rings is 1. The smallest absolute Gasteiger partial charge is 0.175 e. The quantitative estimate of drug-likeness (QED) is 0.928. The van der Waals surface area contributed by atoms with Crippen LogP contribution in [-0.2, 0) is 11.2 Å². The molecule has 4 nitrogen and oxygen atoms in total. The van der Waals surface area contributed by atoms with Gasteiger partial charge in [0.1, 0.15) is 11.6 Å². The van der Waals surface area contributed by atoms with Gasteiger partial charge >= 0.3 is 0 Å². The maximum Gasteiger partial charge on any atom is 0.175 e. The van der Waals surface area contributed by atoms with Gasteiger partial charge < -0.3 is 15.0 Å². The Morgan fingerprint density at radius 3 is 2.94 bits per heavy atom. The minimum Gasteiger partial charge on any atom is -0.384 e. The molecule has 0 amide bonds. The Morgan fingerprint density at radius 1 is 1.50 bits per heavy atom. The zero-order valence-corrected chi connectivity index (χ0v) is 10.5. The minimum absolute atomic E-state index is 0.231. The first-order valence-electron chi connectivity index (χ1n) is 5.32. The fraction of sp³-hybridized carbons (Fsp3) is 0.250. The first-order valence-corrected chi connectivity index (χ1v) is 5.69. The highest BCUT2D eigenvalue weighted by Crippen LogP contribution is 2.35. The molecule has 0 atom stereocenters. The molecule has 6 heteroatoms. The maximum atomic E-state index is 13.0. The van der Waals surface area contributed by atoms with Crippen LogP contribution in [0.25, 0.3) is 11.1 Å². The van der Waals surface area contributed by atoms with Gasteiger partial charge in [0.2, 0.25) is 0 Å². The van der Waals surface area contributed by atoms with E-state index in [4.69, 9.17) is 26.6 Å². The first kappa shape index (κ1) is 12.9. The molecule has 0 radical (unpaired) electrons. The monoisotopic (exact) mass is 270 g/mol. The Morgan fingerprint density at radius 2 is 2.28 bits per heavy atom. The van der Waals surface area contributed by atoms with Crippen LogP contribution in [0, 0.1) is 5.82 Å². The number of ether oxygens (including phenoxy) is 1. The van der Waals surface area contributed by atoms with E-state index in [1.807, 2.05) is 0 Å². The van der Waals surface area contributed by atoms with Crippen LogP contribution in [0.4, 0.5) is 10.2 Å². The number of aromatic nitrogens is 1. The van der Waals surface area contributed by atoms with Crippen LogP contribution in [0.5, 0.6) is 0 Å². The highest BCUT2D eigenvalue weighted by molar-refractivity contribution is 6.33. The first-order chi connectivity index (χ1) is 8.63.